The fourth-order valence-electron chi connectivity index (χ4n) is 3.34. The van der Waals surface area contributed by atoms with E-state index in [1.807, 2.05) is 0 Å². The predicted octanol–water partition coefficient (Wildman–Crippen LogP) is 4.99. The van der Waals surface area contributed by atoms with Crippen LogP contribution in [0.1, 0.15) is 40.8 Å². The van der Waals surface area contributed by atoms with Crippen LogP contribution < -0.4 is 4.74 Å². The molecule has 3 rings (SSSR count). The van der Waals surface area contributed by atoms with Crippen molar-refractivity contribution in [1.29, 1.82) is 0 Å². The summed E-state index contributed by atoms with van der Waals surface area (Å²) in [5, 5.41) is 0. The number of carbonyl (C=O) groups is 1. The molecule has 0 amide bonds. The molecule has 1 atom stereocenters. The highest BCUT2D eigenvalue weighted by molar-refractivity contribution is 5.96. The lowest BCUT2D eigenvalue weighted by molar-refractivity contribution is -0.176. The lowest BCUT2D eigenvalue weighted by Crippen LogP contribution is -2.21. The lowest BCUT2D eigenvalue weighted by atomic mass is 10.0. The summed E-state index contributed by atoms with van der Waals surface area (Å²) in [5.41, 5.74) is 0.947. The van der Waals surface area contributed by atoms with Gasteiger partial charge in [-0.05, 0) is 31.9 Å². The molecule has 2 heterocycles. The highest BCUT2D eigenvalue weighted by Gasteiger charge is 2.28. The maximum absolute atomic E-state index is 13.9. The molecular formula is C22H22F5N3O3. The van der Waals surface area contributed by atoms with E-state index in [0.717, 1.165) is 12.1 Å². The van der Waals surface area contributed by atoms with Gasteiger partial charge in [0, 0.05) is 12.6 Å². The Bertz CT molecular complexity index is 1140. The molecule has 3 aromatic rings. The smallest absolute Gasteiger partial charge is 0.411 e. The van der Waals surface area contributed by atoms with E-state index in [9.17, 15) is 26.7 Å². The molecule has 0 saturated carbocycles. The number of hydrogen-bond donors (Lipinski definition) is 0. The summed E-state index contributed by atoms with van der Waals surface area (Å²) < 4.78 is 76.2. The monoisotopic (exact) mass is 471 g/mol. The number of ether oxygens (including phenoxy) is 2. The maximum atomic E-state index is 13.9. The largest absolute Gasteiger partial charge is 0.470 e. The predicted molar refractivity (Wildman–Crippen MR) is 108 cm³/mol. The van der Waals surface area contributed by atoms with Gasteiger partial charge < -0.3 is 9.47 Å². The van der Waals surface area contributed by atoms with Crippen LogP contribution >= 0.6 is 0 Å². The molecule has 0 bridgehead atoms. The average molecular weight is 471 g/mol. The molecule has 0 spiro atoms. The van der Waals surface area contributed by atoms with E-state index in [2.05, 4.69) is 14.7 Å². The third-order valence-corrected chi connectivity index (χ3v) is 4.75. The zero-order chi connectivity index (χ0) is 24.3. The molecule has 11 heteroatoms. The lowest BCUT2D eigenvalue weighted by Gasteiger charge is -2.13. The second-order valence-electron chi connectivity index (χ2n) is 7.78. The molecule has 2 aromatic heterocycles. The van der Waals surface area contributed by atoms with Gasteiger partial charge in [0.05, 0.1) is 23.6 Å². The molecule has 0 radical (unpaired) electrons. The maximum Gasteiger partial charge on any atom is 0.411 e. The number of Topliss-reactive ketones (excluding diaryl/α,β-unsaturated/α-hetero) is 1. The Balaban J connectivity index is 1.81. The SMILES string of the molecule is Cc1cn2c(C(=O)CC(C)COCC(F)(F)F)c(C)nc2c(OCc2c(F)cccc2F)n1. The first-order valence-corrected chi connectivity index (χ1v) is 10.1. The van der Waals surface area contributed by atoms with Crippen molar-refractivity contribution >= 4 is 11.4 Å². The van der Waals surface area contributed by atoms with Gasteiger partial charge in [-0.15, -0.1) is 0 Å². The van der Waals surface area contributed by atoms with Crippen molar-refractivity contribution in [1.82, 2.24) is 14.4 Å². The van der Waals surface area contributed by atoms with Crippen LogP contribution in [0.5, 0.6) is 5.88 Å². The molecule has 0 aliphatic heterocycles. The van der Waals surface area contributed by atoms with E-state index in [4.69, 9.17) is 4.74 Å². The molecule has 0 aliphatic rings. The summed E-state index contributed by atoms with van der Waals surface area (Å²) in [6, 6.07) is 3.45. The van der Waals surface area contributed by atoms with Crippen LogP contribution in [0.3, 0.4) is 0 Å². The summed E-state index contributed by atoms with van der Waals surface area (Å²) in [4.78, 5) is 21.5. The van der Waals surface area contributed by atoms with E-state index in [-0.39, 0.29) is 41.6 Å². The van der Waals surface area contributed by atoms with Gasteiger partial charge in [0.25, 0.3) is 5.88 Å². The van der Waals surface area contributed by atoms with Crippen LogP contribution in [0.4, 0.5) is 22.0 Å². The van der Waals surface area contributed by atoms with Crippen LogP contribution in [0.2, 0.25) is 0 Å². The third kappa shape index (κ3) is 6.04. The first kappa shape index (κ1) is 24.6. The van der Waals surface area contributed by atoms with Gasteiger partial charge in [-0.2, -0.15) is 13.2 Å². The van der Waals surface area contributed by atoms with Crippen LogP contribution in [0.15, 0.2) is 24.4 Å². The van der Waals surface area contributed by atoms with Crippen molar-refractivity contribution in [3.63, 3.8) is 0 Å². The topological polar surface area (TPSA) is 65.7 Å². The third-order valence-electron chi connectivity index (χ3n) is 4.75. The highest BCUT2D eigenvalue weighted by Crippen LogP contribution is 2.25. The van der Waals surface area contributed by atoms with Gasteiger partial charge in [-0.1, -0.05) is 13.0 Å². The number of alkyl halides is 3. The summed E-state index contributed by atoms with van der Waals surface area (Å²) in [6.45, 7) is 2.80. The Morgan fingerprint density at radius 1 is 1.15 bits per heavy atom. The number of benzene rings is 1. The van der Waals surface area contributed by atoms with Crippen LogP contribution in [-0.4, -0.2) is 39.5 Å². The molecular weight excluding hydrogens is 449 g/mol. The molecule has 6 nitrogen and oxygen atoms in total. The molecule has 0 aliphatic carbocycles. The van der Waals surface area contributed by atoms with Gasteiger partial charge in [0.1, 0.15) is 30.5 Å². The first-order chi connectivity index (χ1) is 15.5. The number of aromatic nitrogens is 3. The Morgan fingerprint density at radius 2 is 1.82 bits per heavy atom. The Morgan fingerprint density at radius 3 is 2.45 bits per heavy atom. The fourth-order valence-corrected chi connectivity index (χ4v) is 3.34. The molecule has 33 heavy (non-hydrogen) atoms. The van der Waals surface area contributed by atoms with Gasteiger partial charge in [-0.3, -0.25) is 9.20 Å². The zero-order valence-electron chi connectivity index (χ0n) is 18.2. The normalized spacial score (nSPS) is 12.8. The van der Waals surface area contributed by atoms with Crippen molar-refractivity contribution in [2.75, 3.05) is 13.2 Å². The standard InChI is InChI=1S/C22H22F5N3O3/c1-12(9-32-11-22(25,26)27)7-18(31)19-14(3)29-20-21(28-13(2)8-30(19)20)33-10-15-16(23)5-4-6-17(15)24/h4-6,8,12H,7,9-11H2,1-3H3. The Kier molecular flexibility index (Phi) is 7.31. The number of fused-ring (bicyclic) bond motifs is 1. The number of rotatable bonds is 9. The summed E-state index contributed by atoms with van der Waals surface area (Å²) >= 11 is 0. The number of halogens is 5. The van der Waals surface area contributed by atoms with Gasteiger partial charge in [-0.25, -0.2) is 18.7 Å². The van der Waals surface area contributed by atoms with Crippen molar-refractivity contribution in [2.45, 2.75) is 40.0 Å². The summed E-state index contributed by atoms with van der Waals surface area (Å²) in [7, 11) is 0. The fraction of sp³-hybridized carbons (Fsp3) is 0.409. The quantitative estimate of drug-likeness (QED) is 0.325. The molecule has 0 N–H and O–H groups in total. The minimum absolute atomic E-state index is 0.0126. The second-order valence-corrected chi connectivity index (χ2v) is 7.78. The van der Waals surface area contributed by atoms with Gasteiger partial charge >= 0.3 is 6.18 Å². The van der Waals surface area contributed by atoms with Crippen LogP contribution in [0.25, 0.3) is 5.65 Å². The number of ketones is 1. The molecule has 1 aromatic carbocycles. The molecule has 0 saturated heterocycles. The van der Waals surface area contributed by atoms with Crippen molar-refractivity contribution in [3.8, 4) is 5.88 Å². The molecule has 1 unspecified atom stereocenters. The Labute approximate surface area is 186 Å². The minimum Gasteiger partial charge on any atom is -0.470 e. The van der Waals surface area contributed by atoms with Crippen LogP contribution in [0, 0.1) is 31.4 Å². The van der Waals surface area contributed by atoms with Crippen molar-refractivity contribution in [3.05, 3.63) is 58.7 Å². The van der Waals surface area contributed by atoms with E-state index < -0.39 is 36.9 Å². The minimum atomic E-state index is -4.44. The number of imidazole rings is 1. The number of nitrogens with zero attached hydrogens (tertiary/aromatic N) is 3. The van der Waals surface area contributed by atoms with E-state index >= 15 is 0 Å². The number of aryl methyl sites for hydroxylation is 2. The zero-order valence-corrected chi connectivity index (χ0v) is 18.2. The van der Waals surface area contributed by atoms with Gasteiger partial charge in [0.15, 0.2) is 5.78 Å². The average Bonchev–Trinajstić information content (AvgIpc) is 3.02. The van der Waals surface area contributed by atoms with Crippen molar-refractivity contribution in [2.24, 2.45) is 5.92 Å². The number of carbonyl (C=O) groups excluding carboxylic acids is 1. The summed E-state index contributed by atoms with van der Waals surface area (Å²) in [5.74, 6) is -2.36. The molecule has 178 valence electrons. The number of hydrogen-bond acceptors (Lipinski definition) is 5. The van der Waals surface area contributed by atoms with E-state index in [0.29, 0.717) is 11.4 Å². The van der Waals surface area contributed by atoms with E-state index in [1.165, 1.54) is 10.5 Å². The van der Waals surface area contributed by atoms with Crippen LogP contribution in [-0.2, 0) is 11.3 Å². The second kappa shape index (κ2) is 9.82. The Hall–Kier alpha value is -3.08. The summed E-state index contributed by atoms with van der Waals surface area (Å²) in [6.07, 6.45) is -2.94. The van der Waals surface area contributed by atoms with Crippen molar-refractivity contribution < 1.29 is 36.2 Å². The first-order valence-electron chi connectivity index (χ1n) is 10.1. The molecule has 0 fully saturated rings. The highest BCUT2D eigenvalue weighted by atomic mass is 19.4. The van der Waals surface area contributed by atoms with Gasteiger partial charge in [0.2, 0.25) is 5.65 Å². The van der Waals surface area contributed by atoms with E-state index in [1.54, 1.807) is 27.0 Å².